The number of thioether (sulfide) groups is 1. The van der Waals surface area contributed by atoms with Crippen LogP contribution in [0, 0.1) is 0 Å². The molecule has 3 aromatic rings. The van der Waals surface area contributed by atoms with E-state index in [0.717, 1.165) is 17.0 Å². The van der Waals surface area contributed by atoms with Crippen LogP contribution < -0.4 is 0 Å². The maximum atomic E-state index is 13.3. The van der Waals surface area contributed by atoms with Gasteiger partial charge in [-0.25, -0.2) is 4.99 Å². The average Bonchev–Trinajstić information content (AvgIpc) is 3.22. The molecular formula is C19H11ClF3N3OS. The van der Waals surface area contributed by atoms with E-state index in [1.54, 1.807) is 24.4 Å². The van der Waals surface area contributed by atoms with Crippen LogP contribution in [0.3, 0.4) is 0 Å². The van der Waals surface area contributed by atoms with Crippen LogP contribution in [0.2, 0.25) is 5.02 Å². The number of carbonyl (C=O) groups excluding carboxylic acids is 1. The number of hydrogen-bond acceptors (Lipinski definition) is 3. The van der Waals surface area contributed by atoms with Crippen LogP contribution in [0.25, 0.3) is 17.0 Å². The average molecular weight is 422 g/mol. The second-order valence-corrected chi connectivity index (χ2v) is 7.41. The van der Waals surface area contributed by atoms with Gasteiger partial charge >= 0.3 is 6.18 Å². The molecule has 2 aromatic carbocycles. The third-order valence-corrected chi connectivity index (χ3v) is 5.21. The summed E-state index contributed by atoms with van der Waals surface area (Å²) in [6.07, 6.45) is -1.20. The van der Waals surface area contributed by atoms with Gasteiger partial charge in [-0.1, -0.05) is 35.5 Å². The second-order valence-electron chi connectivity index (χ2n) is 6.09. The number of hydrogen-bond donors (Lipinski definition) is 0. The van der Waals surface area contributed by atoms with Gasteiger partial charge in [0.25, 0.3) is 5.91 Å². The third-order valence-electron chi connectivity index (χ3n) is 4.22. The molecule has 0 saturated heterocycles. The van der Waals surface area contributed by atoms with Crippen LogP contribution in [-0.4, -0.2) is 21.2 Å². The van der Waals surface area contributed by atoms with Gasteiger partial charge in [0.2, 0.25) is 0 Å². The molecule has 28 heavy (non-hydrogen) atoms. The minimum absolute atomic E-state index is 0.0300. The summed E-state index contributed by atoms with van der Waals surface area (Å²) >= 11 is 6.98. The zero-order valence-electron chi connectivity index (χ0n) is 14.1. The fourth-order valence-corrected chi connectivity index (χ4v) is 3.72. The summed E-state index contributed by atoms with van der Waals surface area (Å²) in [5.41, 5.74) is 2.26. The molecule has 2 heterocycles. The molecule has 0 radical (unpaired) electrons. The fraction of sp³-hybridized carbons (Fsp3) is 0.105. The van der Waals surface area contributed by atoms with Gasteiger partial charge in [0.15, 0.2) is 0 Å². The first-order chi connectivity index (χ1) is 13.3. The zero-order chi connectivity index (χ0) is 19.9. The Kier molecular flexibility index (Phi) is 4.76. The standard InChI is InChI=1S/C19H11ClF3N3OS/c20-14-3-2-12(15(7-14)19(21,22)23)9-26-16-4-1-11(5-13(16)8-25-26)6-17-18(27)24-10-28-17/h1-8,10H,9H2. The molecule has 0 saturated carbocycles. The zero-order valence-corrected chi connectivity index (χ0v) is 15.6. The number of halogens is 4. The number of benzene rings is 2. The highest BCUT2D eigenvalue weighted by molar-refractivity contribution is 8.16. The number of nitrogens with zero attached hydrogens (tertiary/aromatic N) is 3. The summed E-state index contributed by atoms with van der Waals surface area (Å²) in [6.45, 7) is -0.0435. The minimum Gasteiger partial charge on any atom is -0.266 e. The van der Waals surface area contributed by atoms with Crippen molar-refractivity contribution in [2.24, 2.45) is 4.99 Å². The molecular weight excluding hydrogens is 411 g/mol. The molecule has 0 unspecified atom stereocenters. The molecule has 142 valence electrons. The lowest BCUT2D eigenvalue weighted by Gasteiger charge is -2.14. The molecule has 0 spiro atoms. The summed E-state index contributed by atoms with van der Waals surface area (Å²) < 4.78 is 41.4. The van der Waals surface area contributed by atoms with E-state index in [0.29, 0.717) is 10.4 Å². The van der Waals surface area contributed by atoms with Crippen LogP contribution in [0.5, 0.6) is 0 Å². The highest BCUT2D eigenvalue weighted by Crippen LogP contribution is 2.34. The van der Waals surface area contributed by atoms with Crippen LogP contribution in [0.1, 0.15) is 16.7 Å². The van der Waals surface area contributed by atoms with E-state index in [4.69, 9.17) is 11.6 Å². The number of alkyl halides is 3. The van der Waals surface area contributed by atoms with Gasteiger partial charge in [-0.15, -0.1) is 0 Å². The van der Waals surface area contributed by atoms with Gasteiger partial charge < -0.3 is 0 Å². The Bertz CT molecular complexity index is 1150. The monoisotopic (exact) mass is 421 g/mol. The minimum atomic E-state index is -4.50. The van der Waals surface area contributed by atoms with E-state index in [-0.39, 0.29) is 23.0 Å². The molecule has 0 atom stereocenters. The lowest BCUT2D eigenvalue weighted by molar-refractivity contribution is -0.138. The summed E-state index contributed by atoms with van der Waals surface area (Å²) in [7, 11) is 0. The first kappa shape index (κ1) is 18.8. The number of fused-ring (bicyclic) bond motifs is 1. The topological polar surface area (TPSA) is 47.2 Å². The number of aromatic nitrogens is 2. The van der Waals surface area contributed by atoms with Gasteiger partial charge in [-0.3, -0.25) is 9.48 Å². The highest BCUT2D eigenvalue weighted by atomic mass is 35.5. The van der Waals surface area contributed by atoms with Gasteiger partial charge in [0.1, 0.15) is 0 Å². The number of amides is 1. The third kappa shape index (κ3) is 3.70. The van der Waals surface area contributed by atoms with Gasteiger partial charge in [-0.05, 0) is 41.5 Å². The highest BCUT2D eigenvalue weighted by Gasteiger charge is 2.33. The largest absolute Gasteiger partial charge is 0.416 e. The molecule has 0 fully saturated rings. The number of rotatable bonds is 3. The lowest BCUT2D eigenvalue weighted by atomic mass is 10.1. The van der Waals surface area contributed by atoms with Crippen molar-refractivity contribution >= 4 is 51.8 Å². The molecule has 0 aliphatic carbocycles. The summed E-state index contributed by atoms with van der Waals surface area (Å²) in [6, 6.07) is 9.09. The number of carbonyl (C=O) groups is 1. The van der Waals surface area contributed by atoms with E-state index in [1.807, 2.05) is 6.07 Å². The first-order valence-corrected chi connectivity index (χ1v) is 9.33. The molecule has 9 heteroatoms. The molecule has 1 amide bonds. The Morgan fingerprint density at radius 1 is 1.18 bits per heavy atom. The van der Waals surface area contributed by atoms with Crippen LogP contribution in [0.4, 0.5) is 13.2 Å². The van der Waals surface area contributed by atoms with E-state index >= 15 is 0 Å². The second kappa shape index (κ2) is 7.10. The van der Waals surface area contributed by atoms with Gasteiger partial charge in [0.05, 0.1) is 34.3 Å². The number of aliphatic imine (C=N–C) groups is 1. The Morgan fingerprint density at radius 3 is 2.71 bits per heavy atom. The van der Waals surface area contributed by atoms with Crippen molar-refractivity contribution < 1.29 is 18.0 Å². The van der Waals surface area contributed by atoms with Gasteiger partial charge in [-0.2, -0.15) is 18.3 Å². The fourth-order valence-electron chi connectivity index (χ4n) is 2.93. The molecule has 1 aliphatic rings. The van der Waals surface area contributed by atoms with Crippen molar-refractivity contribution in [2.45, 2.75) is 12.7 Å². The van der Waals surface area contributed by atoms with Crippen molar-refractivity contribution in [3.8, 4) is 0 Å². The predicted molar refractivity (Wildman–Crippen MR) is 104 cm³/mol. The van der Waals surface area contributed by atoms with E-state index in [1.165, 1.54) is 34.1 Å². The quantitative estimate of drug-likeness (QED) is 0.532. The normalized spacial score (nSPS) is 15.9. The molecule has 1 aliphatic heterocycles. The van der Waals surface area contributed by atoms with Crippen molar-refractivity contribution in [2.75, 3.05) is 0 Å². The summed E-state index contributed by atoms with van der Waals surface area (Å²) in [5.74, 6) is -0.289. The molecule has 4 rings (SSSR count). The van der Waals surface area contributed by atoms with Crippen molar-refractivity contribution in [1.29, 1.82) is 0 Å². The molecule has 0 bridgehead atoms. The predicted octanol–water partition coefficient (Wildman–Crippen LogP) is 5.40. The summed E-state index contributed by atoms with van der Waals surface area (Å²) in [5, 5.41) is 5.01. The first-order valence-electron chi connectivity index (χ1n) is 8.08. The SMILES string of the molecule is O=C1N=CSC1=Cc1ccc2c(cnn2Cc2ccc(Cl)cc2C(F)(F)F)c1. The molecule has 0 N–H and O–H groups in total. The smallest absolute Gasteiger partial charge is 0.266 e. The summed E-state index contributed by atoms with van der Waals surface area (Å²) in [4.78, 5) is 15.8. The Hall–Kier alpha value is -2.58. The van der Waals surface area contributed by atoms with Crippen molar-refractivity contribution in [3.63, 3.8) is 0 Å². The Balaban J connectivity index is 1.67. The van der Waals surface area contributed by atoms with Crippen LogP contribution in [0.15, 0.2) is 52.5 Å². The van der Waals surface area contributed by atoms with Crippen LogP contribution >= 0.6 is 23.4 Å². The van der Waals surface area contributed by atoms with Crippen molar-refractivity contribution in [1.82, 2.24) is 9.78 Å². The Labute approximate surface area is 166 Å². The van der Waals surface area contributed by atoms with Crippen molar-refractivity contribution in [3.05, 3.63) is 69.2 Å². The lowest BCUT2D eigenvalue weighted by Crippen LogP contribution is -2.12. The van der Waals surface area contributed by atoms with Crippen LogP contribution in [-0.2, 0) is 17.5 Å². The molecule has 4 nitrogen and oxygen atoms in total. The van der Waals surface area contributed by atoms with E-state index < -0.39 is 11.7 Å². The van der Waals surface area contributed by atoms with Gasteiger partial charge in [0, 0.05) is 10.4 Å². The maximum absolute atomic E-state index is 13.3. The maximum Gasteiger partial charge on any atom is 0.416 e. The van der Waals surface area contributed by atoms with E-state index in [9.17, 15) is 18.0 Å². The Morgan fingerprint density at radius 2 is 2.00 bits per heavy atom. The van der Waals surface area contributed by atoms with E-state index in [2.05, 4.69) is 10.1 Å². The molecule has 1 aromatic heterocycles.